The Kier molecular flexibility index (Phi) is 15.2. The number of alkyl halides is 3. The molecule has 0 aliphatic carbocycles. The summed E-state index contributed by atoms with van der Waals surface area (Å²) < 4.78 is 47.3. The number of benzene rings is 2. The zero-order valence-corrected chi connectivity index (χ0v) is 31.2. The molecule has 2 aromatic carbocycles. The number of Topliss-reactive ketones (excluding diaryl/α,β-unsaturated/α-hetero) is 2. The van der Waals surface area contributed by atoms with Gasteiger partial charge < -0.3 is 30.3 Å². The molecule has 2 fully saturated rings. The van der Waals surface area contributed by atoms with Gasteiger partial charge in [0.25, 0.3) is 0 Å². The van der Waals surface area contributed by atoms with Crippen molar-refractivity contribution in [3.63, 3.8) is 0 Å². The van der Waals surface area contributed by atoms with Crippen molar-refractivity contribution in [2.45, 2.75) is 19.3 Å². The van der Waals surface area contributed by atoms with Gasteiger partial charge >= 0.3 is 24.1 Å². The number of halogens is 3. The number of nitrogens with one attached hydrogen (secondary N) is 1. The van der Waals surface area contributed by atoms with E-state index in [4.69, 9.17) is 15.2 Å². The van der Waals surface area contributed by atoms with Gasteiger partial charge in [0.15, 0.2) is 11.6 Å². The fourth-order valence-electron chi connectivity index (χ4n) is 5.60. The standard InChI is InChI=1S/C20H20F3N5O4.C18H21N5O3/c21-20(22,23)17(30)26-12-16(29)15-4-2-14(3-5-15)13-28(18-24-6-1-7-25-18)19(31)27-8-10-32-11-9-27;19-12-16(24)15-4-2-14(3-5-15)13-23(17-20-6-1-7-21-17)18(25)22-8-10-26-11-9-22/h1-7H,8-13H2,(H,26,30);1-7H,8-13,19H2. The predicted octanol–water partition coefficient (Wildman–Crippen LogP) is 2.87. The van der Waals surface area contributed by atoms with Crippen LogP contribution in [-0.4, -0.2) is 131 Å². The highest BCUT2D eigenvalue weighted by Gasteiger charge is 2.38. The summed E-state index contributed by atoms with van der Waals surface area (Å²) in [6, 6.07) is 15.9. The number of carbonyl (C=O) groups is 5. The minimum absolute atomic E-state index is 0.0289. The maximum absolute atomic E-state index is 13.0. The van der Waals surface area contributed by atoms with Crippen molar-refractivity contribution in [2.24, 2.45) is 5.73 Å². The molecule has 0 spiro atoms. The van der Waals surface area contributed by atoms with Crippen molar-refractivity contribution < 1.29 is 46.6 Å². The normalized spacial score (nSPS) is 14.1. The molecule has 4 heterocycles. The third-order valence-corrected chi connectivity index (χ3v) is 8.70. The number of ether oxygens (including phenoxy) is 2. The second kappa shape index (κ2) is 20.7. The van der Waals surface area contributed by atoms with E-state index in [0.717, 1.165) is 5.56 Å². The number of ketones is 2. The largest absolute Gasteiger partial charge is 0.471 e. The van der Waals surface area contributed by atoms with Gasteiger partial charge in [0.2, 0.25) is 11.9 Å². The molecule has 4 aromatic rings. The highest BCUT2D eigenvalue weighted by atomic mass is 19.4. The smallest absolute Gasteiger partial charge is 0.378 e. The number of carbonyl (C=O) groups excluding carboxylic acids is 5. The summed E-state index contributed by atoms with van der Waals surface area (Å²) >= 11 is 0. The van der Waals surface area contributed by atoms with Gasteiger partial charge in [-0.3, -0.25) is 24.2 Å². The summed E-state index contributed by atoms with van der Waals surface area (Å²) in [4.78, 5) is 83.6. The fraction of sp³-hybridized carbons (Fsp3) is 0.342. The highest BCUT2D eigenvalue weighted by molar-refractivity contribution is 6.00. The summed E-state index contributed by atoms with van der Waals surface area (Å²) in [5.74, 6) is -2.43. The molecule has 6 rings (SSSR count). The molecule has 17 nitrogen and oxygen atoms in total. The average molecular weight is 807 g/mol. The highest BCUT2D eigenvalue weighted by Crippen LogP contribution is 2.19. The van der Waals surface area contributed by atoms with Crippen LogP contribution >= 0.6 is 0 Å². The average Bonchev–Trinajstić information content (AvgIpc) is 3.27. The summed E-state index contributed by atoms with van der Waals surface area (Å²) in [6.07, 6.45) is 1.17. The van der Waals surface area contributed by atoms with E-state index in [1.165, 1.54) is 34.3 Å². The van der Waals surface area contributed by atoms with Crippen molar-refractivity contribution in [2.75, 3.05) is 75.5 Å². The number of nitrogens with zero attached hydrogens (tertiary/aromatic N) is 8. The van der Waals surface area contributed by atoms with Crippen LogP contribution in [0.5, 0.6) is 0 Å². The molecule has 5 amide bonds. The molecule has 2 saturated heterocycles. The van der Waals surface area contributed by atoms with Crippen molar-refractivity contribution in [1.29, 1.82) is 0 Å². The molecule has 2 aromatic heterocycles. The minimum Gasteiger partial charge on any atom is -0.378 e. The number of anilines is 2. The van der Waals surface area contributed by atoms with Crippen molar-refractivity contribution in [3.05, 3.63) is 108 Å². The van der Waals surface area contributed by atoms with Gasteiger partial charge in [-0.1, -0.05) is 48.5 Å². The third-order valence-electron chi connectivity index (χ3n) is 8.70. The zero-order chi connectivity index (χ0) is 41.5. The Hall–Kier alpha value is -6.38. The Morgan fingerprint density at radius 3 is 1.38 bits per heavy atom. The van der Waals surface area contributed by atoms with Crippen LogP contribution < -0.4 is 20.9 Å². The molecular weight excluding hydrogens is 765 g/mol. The van der Waals surface area contributed by atoms with E-state index in [2.05, 4.69) is 19.9 Å². The maximum atomic E-state index is 13.0. The first-order valence-corrected chi connectivity index (χ1v) is 18.1. The van der Waals surface area contributed by atoms with Gasteiger partial charge in [-0.05, 0) is 23.3 Å². The number of nitrogens with two attached hydrogens (primary N) is 1. The minimum atomic E-state index is -5.06. The number of aromatic nitrogens is 4. The first-order chi connectivity index (χ1) is 27.9. The van der Waals surface area contributed by atoms with Crippen LogP contribution in [-0.2, 0) is 27.4 Å². The Labute approximate surface area is 331 Å². The summed E-state index contributed by atoms with van der Waals surface area (Å²) in [5, 5.41) is 1.54. The Morgan fingerprint density at radius 1 is 0.638 bits per heavy atom. The third kappa shape index (κ3) is 12.1. The molecule has 3 N–H and O–H groups in total. The Balaban J connectivity index is 0.000000226. The van der Waals surface area contributed by atoms with Gasteiger partial charge in [0.05, 0.1) is 52.6 Å². The lowest BCUT2D eigenvalue weighted by Gasteiger charge is -2.32. The second-order valence-corrected chi connectivity index (χ2v) is 12.7. The van der Waals surface area contributed by atoms with Crippen molar-refractivity contribution in [3.8, 4) is 0 Å². The van der Waals surface area contributed by atoms with Gasteiger partial charge in [-0.2, -0.15) is 13.2 Å². The number of amides is 5. The van der Waals surface area contributed by atoms with E-state index in [9.17, 15) is 37.1 Å². The van der Waals surface area contributed by atoms with Gasteiger partial charge in [0.1, 0.15) is 0 Å². The summed E-state index contributed by atoms with van der Waals surface area (Å²) in [7, 11) is 0. The van der Waals surface area contributed by atoms with Gasteiger partial charge in [-0.25, -0.2) is 29.5 Å². The van der Waals surface area contributed by atoms with E-state index in [1.54, 1.807) is 63.9 Å². The molecule has 20 heteroatoms. The first kappa shape index (κ1) is 42.8. The van der Waals surface area contributed by atoms with Gasteiger partial charge in [-0.15, -0.1) is 0 Å². The van der Waals surface area contributed by atoms with Crippen LogP contribution in [0.25, 0.3) is 0 Å². The predicted molar refractivity (Wildman–Crippen MR) is 202 cm³/mol. The van der Waals surface area contributed by atoms with Crippen LogP contribution in [0.3, 0.4) is 0 Å². The molecule has 0 bridgehead atoms. The van der Waals surface area contributed by atoms with E-state index in [1.807, 2.05) is 12.1 Å². The van der Waals surface area contributed by atoms with Crippen molar-refractivity contribution >= 4 is 41.4 Å². The Morgan fingerprint density at radius 2 is 1.02 bits per heavy atom. The van der Waals surface area contributed by atoms with E-state index in [0.29, 0.717) is 76.2 Å². The molecule has 0 atom stereocenters. The number of urea groups is 2. The van der Waals surface area contributed by atoms with Crippen LogP contribution in [0.15, 0.2) is 85.5 Å². The molecule has 0 unspecified atom stereocenters. The molecule has 58 heavy (non-hydrogen) atoms. The lowest BCUT2D eigenvalue weighted by molar-refractivity contribution is -0.173. The second-order valence-electron chi connectivity index (χ2n) is 12.7. The summed E-state index contributed by atoms with van der Waals surface area (Å²) in [6.45, 7) is 3.42. The lowest BCUT2D eigenvalue weighted by Crippen LogP contribution is -2.48. The van der Waals surface area contributed by atoms with E-state index < -0.39 is 24.4 Å². The van der Waals surface area contributed by atoms with Crippen LogP contribution in [0.1, 0.15) is 31.8 Å². The van der Waals surface area contributed by atoms with Crippen LogP contribution in [0.4, 0.5) is 34.7 Å². The molecule has 2 aliphatic rings. The number of hydrogen-bond donors (Lipinski definition) is 2. The van der Waals surface area contributed by atoms with Crippen LogP contribution in [0, 0.1) is 0 Å². The fourth-order valence-corrected chi connectivity index (χ4v) is 5.60. The lowest BCUT2D eigenvalue weighted by atomic mass is 10.1. The molecule has 2 aliphatic heterocycles. The first-order valence-electron chi connectivity index (χ1n) is 18.1. The SMILES string of the molecule is NCC(=O)c1ccc(CN(C(=O)N2CCOCC2)c2ncccn2)cc1.O=C(CNC(=O)C(F)(F)F)c1ccc(CN(C(=O)N2CCOCC2)c2ncccn2)cc1. The van der Waals surface area contributed by atoms with Crippen LogP contribution in [0.2, 0.25) is 0 Å². The molecule has 306 valence electrons. The molecular formula is C38H41F3N10O7. The number of morpholine rings is 2. The monoisotopic (exact) mass is 806 g/mol. The molecule has 0 radical (unpaired) electrons. The summed E-state index contributed by atoms with van der Waals surface area (Å²) in [5.41, 5.74) is 7.58. The zero-order valence-electron chi connectivity index (χ0n) is 31.2. The van der Waals surface area contributed by atoms with E-state index >= 15 is 0 Å². The molecule has 0 saturated carbocycles. The Bertz CT molecular complexity index is 1980. The number of rotatable bonds is 11. The maximum Gasteiger partial charge on any atom is 0.471 e. The van der Waals surface area contributed by atoms with Crippen molar-refractivity contribution in [1.82, 2.24) is 35.1 Å². The number of hydrogen-bond acceptors (Lipinski definition) is 12. The van der Waals surface area contributed by atoms with E-state index in [-0.39, 0.29) is 42.4 Å². The topological polar surface area (TPSA) is 206 Å². The van der Waals surface area contributed by atoms with Gasteiger partial charge in [0, 0.05) is 62.1 Å². The quantitative estimate of drug-likeness (QED) is 0.210.